The number of ether oxygens (including phenoxy) is 2. The van der Waals surface area contributed by atoms with Gasteiger partial charge in [0.25, 0.3) is 5.91 Å². The summed E-state index contributed by atoms with van der Waals surface area (Å²) < 4.78 is 11.9. The Labute approximate surface area is 161 Å². The first-order chi connectivity index (χ1) is 13.0. The second-order valence-corrected chi connectivity index (χ2v) is 7.17. The predicted octanol–water partition coefficient (Wildman–Crippen LogP) is 5.21. The molecule has 0 aromatic heterocycles. The van der Waals surface area contributed by atoms with Crippen molar-refractivity contribution in [3.05, 3.63) is 59.2 Å². The van der Waals surface area contributed by atoms with E-state index in [1.54, 1.807) is 0 Å². The monoisotopic (exact) mass is 367 g/mol. The van der Waals surface area contributed by atoms with E-state index in [4.69, 9.17) is 9.47 Å². The number of carbonyl (C=O) groups is 1. The molecule has 144 valence electrons. The van der Waals surface area contributed by atoms with Crippen LogP contribution in [-0.2, 0) is 0 Å². The van der Waals surface area contributed by atoms with Crippen LogP contribution in [0.4, 0.5) is 0 Å². The standard InChI is InChI=1S/C23H29NO3/c1-5-23(6-2)15-19(18-10-8-9-11-21(18)27-23)24-22(25)17-12-13-20(26-7-3)16(4)14-17/h8-14,19H,5-7,15H2,1-4H3,(H,24,25). The Hall–Kier alpha value is -2.49. The highest BCUT2D eigenvalue weighted by molar-refractivity contribution is 5.95. The van der Waals surface area contributed by atoms with Gasteiger partial charge in [0.05, 0.1) is 12.6 Å². The zero-order valence-corrected chi connectivity index (χ0v) is 16.7. The summed E-state index contributed by atoms with van der Waals surface area (Å²) in [5, 5.41) is 3.23. The Morgan fingerprint density at radius 2 is 1.93 bits per heavy atom. The SMILES string of the molecule is CCOc1ccc(C(=O)NC2CC(CC)(CC)Oc3ccccc32)cc1C. The lowest BCUT2D eigenvalue weighted by atomic mass is 9.83. The summed E-state index contributed by atoms with van der Waals surface area (Å²) in [6.45, 7) is 8.82. The van der Waals surface area contributed by atoms with Crippen molar-refractivity contribution < 1.29 is 14.3 Å². The maximum Gasteiger partial charge on any atom is 0.251 e. The highest BCUT2D eigenvalue weighted by atomic mass is 16.5. The first kappa shape index (κ1) is 19.3. The molecule has 0 fully saturated rings. The minimum Gasteiger partial charge on any atom is -0.494 e. The predicted molar refractivity (Wildman–Crippen MR) is 108 cm³/mol. The smallest absolute Gasteiger partial charge is 0.251 e. The average Bonchev–Trinajstić information content (AvgIpc) is 2.69. The first-order valence-corrected chi connectivity index (χ1v) is 9.84. The Balaban J connectivity index is 1.85. The van der Waals surface area contributed by atoms with Crippen molar-refractivity contribution in [3.63, 3.8) is 0 Å². The van der Waals surface area contributed by atoms with Crippen LogP contribution in [0.5, 0.6) is 11.5 Å². The highest BCUT2D eigenvalue weighted by Gasteiger charge is 2.39. The zero-order valence-electron chi connectivity index (χ0n) is 16.7. The molecule has 3 rings (SSSR count). The van der Waals surface area contributed by atoms with Gasteiger partial charge in [-0.15, -0.1) is 0 Å². The maximum absolute atomic E-state index is 12.9. The first-order valence-electron chi connectivity index (χ1n) is 9.84. The van der Waals surface area contributed by atoms with Crippen molar-refractivity contribution in [2.45, 2.75) is 58.6 Å². The summed E-state index contributed by atoms with van der Waals surface area (Å²) in [4.78, 5) is 12.9. The van der Waals surface area contributed by atoms with Crippen LogP contribution in [0, 0.1) is 6.92 Å². The van der Waals surface area contributed by atoms with Gasteiger partial charge in [-0.05, 0) is 56.5 Å². The summed E-state index contributed by atoms with van der Waals surface area (Å²) >= 11 is 0. The van der Waals surface area contributed by atoms with Crippen molar-refractivity contribution in [2.24, 2.45) is 0 Å². The van der Waals surface area contributed by atoms with Gasteiger partial charge in [0.15, 0.2) is 0 Å². The van der Waals surface area contributed by atoms with Crippen LogP contribution >= 0.6 is 0 Å². The van der Waals surface area contributed by atoms with E-state index in [2.05, 4.69) is 19.2 Å². The molecule has 0 bridgehead atoms. The molecule has 1 atom stereocenters. The maximum atomic E-state index is 12.9. The molecule has 0 aliphatic carbocycles. The number of benzene rings is 2. The fraction of sp³-hybridized carbons (Fsp3) is 0.435. The van der Waals surface area contributed by atoms with Crippen molar-refractivity contribution in [3.8, 4) is 11.5 Å². The molecule has 2 aromatic carbocycles. The number of fused-ring (bicyclic) bond motifs is 1. The lowest BCUT2D eigenvalue weighted by Crippen LogP contribution is -2.44. The van der Waals surface area contributed by atoms with Crippen LogP contribution < -0.4 is 14.8 Å². The van der Waals surface area contributed by atoms with E-state index in [-0.39, 0.29) is 17.6 Å². The third-order valence-electron chi connectivity index (χ3n) is 5.53. The molecule has 1 aliphatic heterocycles. The quantitative estimate of drug-likeness (QED) is 0.763. The van der Waals surface area contributed by atoms with E-state index in [9.17, 15) is 4.79 Å². The van der Waals surface area contributed by atoms with Crippen molar-refractivity contribution in [2.75, 3.05) is 6.61 Å². The lowest BCUT2D eigenvalue weighted by Gasteiger charge is -2.41. The number of hydrogen-bond acceptors (Lipinski definition) is 3. The van der Waals surface area contributed by atoms with Crippen LogP contribution in [0.2, 0.25) is 0 Å². The third kappa shape index (κ3) is 3.95. The van der Waals surface area contributed by atoms with Crippen LogP contribution in [0.25, 0.3) is 0 Å². The lowest BCUT2D eigenvalue weighted by molar-refractivity contribution is 0.0227. The summed E-state index contributed by atoms with van der Waals surface area (Å²) in [5.41, 5.74) is 2.43. The largest absolute Gasteiger partial charge is 0.494 e. The van der Waals surface area contributed by atoms with E-state index in [1.807, 2.05) is 56.3 Å². The molecule has 4 heteroatoms. The topological polar surface area (TPSA) is 47.6 Å². The number of amides is 1. The van der Waals surface area contributed by atoms with E-state index in [0.29, 0.717) is 12.2 Å². The van der Waals surface area contributed by atoms with Gasteiger partial charge in [0.1, 0.15) is 17.1 Å². The van der Waals surface area contributed by atoms with Crippen molar-refractivity contribution in [1.29, 1.82) is 0 Å². The Kier molecular flexibility index (Phi) is 5.73. The second kappa shape index (κ2) is 8.03. The Morgan fingerprint density at radius 1 is 1.19 bits per heavy atom. The second-order valence-electron chi connectivity index (χ2n) is 7.17. The molecule has 2 aromatic rings. The number of hydrogen-bond donors (Lipinski definition) is 1. The average molecular weight is 367 g/mol. The van der Waals surface area contributed by atoms with Gasteiger partial charge in [-0.25, -0.2) is 0 Å². The van der Waals surface area contributed by atoms with Crippen LogP contribution in [0.1, 0.15) is 67.6 Å². The molecule has 1 aliphatic rings. The normalized spacial score (nSPS) is 17.6. The molecule has 1 amide bonds. The minimum atomic E-state index is -0.235. The molecule has 0 radical (unpaired) electrons. The molecular weight excluding hydrogens is 338 g/mol. The fourth-order valence-corrected chi connectivity index (χ4v) is 3.78. The van der Waals surface area contributed by atoms with Gasteiger partial charge in [0, 0.05) is 17.5 Å². The fourth-order valence-electron chi connectivity index (χ4n) is 3.78. The summed E-state index contributed by atoms with van der Waals surface area (Å²) in [6.07, 6.45) is 2.59. The van der Waals surface area contributed by atoms with Crippen LogP contribution in [0.15, 0.2) is 42.5 Å². The van der Waals surface area contributed by atoms with Gasteiger partial charge in [-0.1, -0.05) is 32.0 Å². The Bertz CT molecular complexity index is 811. The van der Waals surface area contributed by atoms with Crippen LogP contribution in [0.3, 0.4) is 0 Å². The summed E-state index contributed by atoms with van der Waals surface area (Å²) in [7, 11) is 0. The molecule has 0 saturated carbocycles. The number of aryl methyl sites for hydroxylation is 1. The van der Waals surface area contributed by atoms with Gasteiger partial charge < -0.3 is 14.8 Å². The number of rotatable bonds is 6. The molecule has 1 heterocycles. The van der Waals surface area contributed by atoms with Gasteiger partial charge in [0.2, 0.25) is 0 Å². The molecule has 1 N–H and O–H groups in total. The van der Waals surface area contributed by atoms with E-state index in [0.717, 1.165) is 41.9 Å². The van der Waals surface area contributed by atoms with E-state index < -0.39 is 0 Å². The van der Waals surface area contributed by atoms with Gasteiger partial charge >= 0.3 is 0 Å². The number of carbonyl (C=O) groups excluding carboxylic acids is 1. The molecule has 27 heavy (non-hydrogen) atoms. The van der Waals surface area contributed by atoms with Gasteiger partial charge in [-0.3, -0.25) is 4.79 Å². The van der Waals surface area contributed by atoms with Gasteiger partial charge in [-0.2, -0.15) is 0 Å². The minimum absolute atomic E-state index is 0.0609. The highest BCUT2D eigenvalue weighted by Crippen LogP contribution is 2.42. The van der Waals surface area contributed by atoms with Crippen molar-refractivity contribution >= 4 is 5.91 Å². The molecule has 0 spiro atoms. The molecule has 4 nitrogen and oxygen atoms in total. The zero-order chi connectivity index (χ0) is 19.4. The molecule has 0 saturated heterocycles. The third-order valence-corrected chi connectivity index (χ3v) is 5.53. The number of nitrogens with one attached hydrogen (secondary N) is 1. The molecular formula is C23H29NO3. The van der Waals surface area contributed by atoms with E-state index >= 15 is 0 Å². The Morgan fingerprint density at radius 3 is 2.59 bits per heavy atom. The van der Waals surface area contributed by atoms with E-state index in [1.165, 1.54) is 0 Å². The van der Waals surface area contributed by atoms with Crippen molar-refractivity contribution in [1.82, 2.24) is 5.32 Å². The summed E-state index contributed by atoms with van der Waals surface area (Å²) in [5.74, 6) is 1.63. The summed E-state index contributed by atoms with van der Waals surface area (Å²) in [6, 6.07) is 13.5. The van der Waals surface area contributed by atoms with Crippen LogP contribution in [-0.4, -0.2) is 18.1 Å². The number of para-hydroxylation sites is 1. The molecule has 1 unspecified atom stereocenters.